The van der Waals surface area contributed by atoms with Gasteiger partial charge in [0.1, 0.15) is 13.2 Å². The summed E-state index contributed by atoms with van der Waals surface area (Å²) in [5.74, 6) is 1.15. The molecule has 1 heterocycles. The van der Waals surface area contributed by atoms with E-state index < -0.39 is 9.84 Å². The molecule has 1 fully saturated rings. The van der Waals surface area contributed by atoms with Crippen molar-refractivity contribution in [1.29, 1.82) is 0 Å². The molecule has 21 heavy (non-hydrogen) atoms. The minimum absolute atomic E-state index is 0.0250. The smallest absolute Gasteiger partial charge is 0.182 e. The first-order valence-electron chi connectivity index (χ1n) is 7.44. The number of benzene rings is 1. The quantitative estimate of drug-likeness (QED) is 0.921. The summed E-state index contributed by atoms with van der Waals surface area (Å²) in [6.07, 6.45) is 3.67. The second-order valence-electron chi connectivity index (χ2n) is 5.57. The first-order valence-corrected chi connectivity index (χ1v) is 8.98. The van der Waals surface area contributed by atoms with E-state index in [-0.39, 0.29) is 11.3 Å². The maximum atomic E-state index is 12.9. The van der Waals surface area contributed by atoms with Crippen LogP contribution in [-0.4, -0.2) is 40.0 Å². The fourth-order valence-corrected chi connectivity index (χ4v) is 5.23. The van der Waals surface area contributed by atoms with E-state index in [1.165, 1.54) is 0 Å². The van der Waals surface area contributed by atoms with Gasteiger partial charge in [-0.05, 0) is 32.0 Å². The van der Waals surface area contributed by atoms with Gasteiger partial charge in [-0.25, -0.2) is 8.42 Å². The van der Waals surface area contributed by atoms with Crippen LogP contribution in [0.25, 0.3) is 0 Å². The van der Waals surface area contributed by atoms with Crippen molar-refractivity contribution in [3.63, 3.8) is 0 Å². The third kappa shape index (κ3) is 2.74. The van der Waals surface area contributed by atoms with Crippen molar-refractivity contribution in [2.45, 2.75) is 41.9 Å². The van der Waals surface area contributed by atoms with Crippen molar-refractivity contribution in [2.24, 2.45) is 0 Å². The Balaban J connectivity index is 1.94. The SMILES string of the molecule is CNC1CCCCC1S(=O)(=O)c1ccc2c(c1)OCCO2. The molecule has 0 saturated heterocycles. The number of fused-ring (bicyclic) bond motifs is 1. The van der Waals surface area contributed by atoms with Crippen molar-refractivity contribution in [2.75, 3.05) is 20.3 Å². The molecule has 2 aliphatic rings. The molecule has 2 unspecified atom stereocenters. The zero-order valence-electron chi connectivity index (χ0n) is 12.2. The molecule has 6 heteroatoms. The van der Waals surface area contributed by atoms with E-state index in [2.05, 4.69) is 5.32 Å². The zero-order chi connectivity index (χ0) is 14.9. The molecule has 116 valence electrons. The van der Waals surface area contributed by atoms with Gasteiger partial charge in [0.2, 0.25) is 0 Å². The molecule has 1 aliphatic carbocycles. The molecule has 2 atom stereocenters. The normalized spacial score (nSPS) is 25.6. The van der Waals surface area contributed by atoms with Crippen molar-refractivity contribution in [1.82, 2.24) is 5.32 Å². The van der Waals surface area contributed by atoms with Gasteiger partial charge in [-0.2, -0.15) is 0 Å². The first kappa shape index (κ1) is 14.7. The summed E-state index contributed by atoms with van der Waals surface area (Å²) in [5.41, 5.74) is 0. The number of hydrogen-bond donors (Lipinski definition) is 1. The Kier molecular flexibility index (Phi) is 4.08. The second-order valence-corrected chi connectivity index (χ2v) is 7.74. The molecule has 1 N–H and O–H groups in total. The molecular weight excluding hydrogens is 290 g/mol. The average molecular weight is 311 g/mol. The number of rotatable bonds is 3. The van der Waals surface area contributed by atoms with Crippen LogP contribution in [0.4, 0.5) is 0 Å². The Morgan fingerprint density at radius 3 is 2.57 bits per heavy atom. The van der Waals surface area contributed by atoms with Gasteiger partial charge in [-0.15, -0.1) is 0 Å². The summed E-state index contributed by atoms with van der Waals surface area (Å²) >= 11 is 0. The van der Waals surface area contributed by atoms with E-state index in [4.69, 9.17) is 9.47 Å². The Hall–Kier alpha value is -1.27. The molecule has 1 saturated carbocycles. The monoisotopic (exact) mass is 311 g/mol. The minimum Gasteiger partial charge on any atom is -0.486 e. The van der Waals surface area contributed by atoms with E-state index in [0.29, 0.717) is 36.0 Å². The number of nitrogens with one attached hydrogen (secondary N) is 1. The van der Waals surface area contributed by atoms with E-state index in [9.17, 15) is 8.42 Å². The van der Waals surface area contributed by atoms with Gasteiger partial charge in [-0.3, -0.25) is 0 Å². The van der Waals surface area contributed by atoms with Crippen molar-refractivity contribution in [3.05, 3.63) is 18.2 Å². The molecule has 1 aromatic carbocycles. The maximum absolute atomic E-state index is 12.9. The molecule has 0 aromatic heterocycles. The fraction of sp³-hybridized carbons (Fsp3) is 0.600. The topological polar surface area (TPSA) is 64.6 Å². The predicted molar refractivity (Wildman–Crippen MR) is 79.7 cm³/mol. The Bertz CT molecular complexity index is 614. The number of ether oxygens (including phenoxy) is 2. The summed E-state index contributed by atoms with van der Waals surface area (Å²) < 4.78 is 36.8. The van der Waals surface area contributed by atoms with E-state index in [1.807, 2.05) is 7.05 Å². The summed E-state index contributed by atoms with van der Waals surface area (Å²) in [6.45, 7) is 0.961. The lowest BCUT2D eigenvalue weighted by Crippen LogP contribution is -2.44. The molecular formula is C15H21NO4S. The van der Waals surface area contributed by atoms with E-state index >= 15 is 0 Å². The second kappa shape index (κ2) is 5.85. The summed E-state index contributed by atoms with van der Waals surface area (Å²) in [5, 5.41) is 2.79. The highest BCUT2D eigenvalue weighted by Gasteiger charge is 2.36. The summed E-state index contributed by atoms with van der Waals surface area (Å²) in [7, 11) is -1.52. The van der Waals surface area contributed by atoms with Crippen LogP contribution in [-0.2, 0) is 9.84 Å². The van der Waals surface area contributed by atoms with Crippen LogP contribution in [0.2, 0.25) is 0 Å². The Morgan fingerprint density at radius 1 is 1.10 bits per heavy atom. The molecule has 0 spiro atoms. The van der Waals surface area contributed by atoms with Gasteiger partial charge in [0, 0.05) is 12.1 Å². The lowest BCUT2D eigenvalue weighted by Gasteiger charge is -2.31. The van der Waals surface area contributed by atoms with Crippen LogP contribution in [0.3, 0.4) is 0 Å². The van der Waals surface area contributed by atoms with E-state index in [1.54, 1.807) is 18.2 Å². The number of sulfone groups is 1. The molecule has 1 aliphatic heterocycles. The maximum Gasteiger partial charge on any atom is 0.182 e. The Labute approximate surface area is 125 Å². The highest BCUT2D eigenvalue weighted by atomic mass is 32.2. The fourth-order valence-electron chi connectivity index (χ4n) is 3.17. The highest BCUT2D eigenvalue weighted by molar-refractivity contribution is 7.92. The lowest BCUT2D eigenvalue weighted by molar-refractivity contribution is 0.171. The van der Waals surface area contributed by atoms with Crippen molar-refractivity contribution >= 4 is 9.84 Å². The first-order chi connectivity index (χ1) is 10.1. The van der Waals surface area contributed by atoms with E-state index in [0.717, 1.165) is 19.3 Å². The molecule has 5 nitrogen and oxygen atoms in total. The average Bonchev–Trinajstić information content (AvgIpc) is 2.54. The van der Waals surface area contributed by atoms with Crippen LogP contribution in [0.15, 0.2) is 23.1 Å². The molecule has 0 radical (unpaired) electrons. The minimum atomic E-state index is -3.35. The van der Waals surface area contributed by atoms with Crippen molar-refractivity contribution in [3.8, 4) is 11.5 Å². The standard InChI is InChI=1S/C15H21NO4S/c1-16-12-4-2-3-5-15(12)21(17,18)11-6-7-13-14(10-11)20-9-8-19-13/h6-7,10,12,15-16H,2-5,8-9H2,1H3. The van der Waals surface area contributed by atoms with Gasteiger partial charge in [0.05, 0.1) is 10.1 Å². The van der Waals surface area contributed by atoms with Gasteiger partial charge in [0.25, 0.3) is 0 Å². The molecule has 3 rings (SSSR count). The van der Waals surface area contributed by atoms with Crippen LogP contribution >= 0.6 is 0 Å². The van der Waals surface area contributed by atoms with Crippen LogP contribution in [0.1, 0.15) is 25.7 Å². The third-order valence-corrected chi connectivity index (χ3v) is 6.59. The molecule has 0 amide bonds. The van der Waals surface area contributed by atoms with Crippen LogP contribution in [0, 0.1) is 0 Å². The van der Waals surface area contributed by atoms with Gasteiger partial charge < -0.3 is 14.8 Å². The van der Waals surface area contributed by atoms with Gasteiger partial charge in [-0.1, -0.05) is 12.8 Å². The highest BCUT2D eigenvalue weighted by Crippen LogP contribution is 2.35. The Morgan fingerprint density at radius 2 is 1.81 bits per heavy atom. The van der Waals surface area contributed by atoms with Gasteiger partial charge >= 0.3 is 0 Å². The van der Waals surface area contributed by atoms with Crippen LogP contribution < -0.4 is 14.8 Å². The summed E-state index contributed by atoms with van der Waals surface area (Å²) in [4.78, 5) is 0.332. The van der Waals surface area contributed by atoms with Crippen molar-refractivity contribution < 1.29 is 17.9 Å². The summed E-state index contributed by atoms with van der Waals surface area (Å²) in [6, 6.07) is 4.95. The van der Waals surface area contributed by atoms with Gasteiger partial charge in [0.15, 0.2) is 21.3 Å². The predicted octanol–water partition coefficient (Wildman–Crippen LogP) is 1.76. The largest absolute Gasteiger partial charge is 0.486 e. The third-order valence-electron chi connectivity index (χ3n) is 4.31. The lowest BCUT2D eigenvalue weighted by atomic mass is 9.95. The molecule has 1 aromatic rings. The molecule has 0 bridgehead atoms. The van der Waals surface area contributed by atoms with Crippen LogP contribution in [0.5, 0.6) is 11.5 Å². The zero-order valence-corrected chi connectivity index (χ0v) is 13.0. The number of hydrogen-bond acceptors (Lipinski definition) is 5.